The number of nitrogens with one attached hydrogen (secondary N) is 1. The summed E-state index contributed by atoms with van der Waals surface area (Å²) < 4.78 is 0. The van der Waals surface area contributed by atoms with Gasteiger partial charge in [-0.3, -0.25) is 9.69 Å². The molecule has 2 aromatic rings. The molecule has 3 rings (SSSR count). The predicted octanol–water partition coefficient (Wildman–Crippen LogP) is 1.88. The van der Waals surface area contributed by atoms with Crippen LogP contribution >= 0.6 is 0 Å². The average Bonchev–Trinajstić information content (AvgIpc) is 2.96. The molecule has 0 atom stereocenters. The number of carbonyl (C=O) groups is 1. The number of imidazole rings is 1. The van der Waals surface area contributed by atoms with Crippen molar-refractivity contribution in [3.63, 3.8) is 0 Å². The van der Waals surface area contributed by atoms with E-state index in [0.29, 0.717) is 6.54 Å². The number of aromatic amines is 1. The first-order chi connectivity index (χ1) is 10.1. The average molecular weight is 284 g/mol. The molecule has 1 fully saturated rings. The lowest BCUT2D eigenvalue weighted by molar-refractivity contribution is -0.121. The summed E-state index contributed by atoms with van der Waals surface area (Å²) in [5, 5.41) is 0. The van der Waals surface area contributed by atoms with Crippen LogP contribution in [-0.2, 0) is 11.3 Å². The summed E-state index contributed by atoms with van der Waals surface area (Å²) in [6, 6.07) is 6.13. The Bertz CT molecular complexity index is 636. The van der Waals surface area contributed by atoms with E-state index in [1.54, 1.807) is 6.33 Å². The van der Waals surface area contributed by atoms with Gasteiger partial charge in [-0.15, -0.1) is 0 Å². The summed E-state index contributed by atoms with van der Waals surface area (Å²) >= 11 is 0. The highest BCUT2D eigenvalue weighted by atomic mass is 16.2. The lowest BCUT2D eigenvalue weighted by atomic mass is 10.1. The first-order valence-electron chi connectivity index (χ1n) is 7.22. The lowest BCUT2D eigenvalue weighted by Gasteiger charge is -2.35. The van der Waals surface area contributed by atoms with Gasteiger partial charge in [0.1, 0.15) is 0 Å². The van der Waals surface area contributed by atoms with Crippen LogP contribution in [0.25, 0.3) is 0 Å². The van der Waals surface area contributed by atoms with Gasteiger partial charge in [0.15, 0.2) is 0 Å². The van der Waals surface area contributed by atoms with Crippen LogP contribution in [0.2, 0.25) is 0 Å². The monoisotopic (exact) mass is 284 g/mol. The van der Waals surface area contributed by atoms with Crippen LogP contribution in [0.4, 0.5) is 5.69 Å². The van der Waals surface area contributed by atoms with Crippen LogP contribution in [0.5, 0.6) is 0 Å². The number of H-pyrrole nitrogens is 1. The Hall–Kier alpha value is -2.14. The van der Waals surface area contributed by atoms with E-state index in [1.807, 2.05) is 23.2 Å². The molecule has 1 aromatic carbocycles. The largest absolute Gasteiger partial charge is 0.351 e. The topological polar surface area (TPSA) is 52.2 Å². The van der Waals surface area contributed by atoms with Gasteiger partial charge in [0.2, 0.25) is 5.91 Å². The number of hydrogen-bond donors (Lipinski definition) is 1. The highest BCUT2D eigenvalue weighted by molar-refractivity contribution is 5.96. The van der Waals surface area contributed by atoms with Crippen molar-refractivity contribution in [3.8, 4) is 0 Å². The summed E-state index contributed by atoms with van der Waals surface area (Å²) in [5.41, 5.74) is 4.42. The fourth-order valence-electron chi connectivity index (χ4n) is 2.75. The first kappa shape index (κ1) is 13.8. The molecule has 1 aliphatic heterocycles. The molecule has 0 unspecified atom stereocenters. The minimum absolute atomic E-state index is 0.158. The maximum absolute atomic E-state index is 12.5. The van der Waals surface area contributed by atoms with Gasteiger partial charge in [-0.2, -0.15) is 0 Å². The molecule has 0 aliphatic carbocycles. The van der Waals surface area contributed by atoms with Crippen LogP contribution < -0.4 is 4.90 Å². The second-order valence-corrected chi connectivity index (χ2v) is 5.54. The molecule has 1 saturated heterocycles. The predicted molar refractivity (Wildman–Crippen MR) is 82.1 cm³/mol. The third-order valence-corrected chi connectivity index (χ3v) is 4.11. The zero-order chi connectivity index (χ0) is 14.8. The smallest absolute Gasteiger partial charge is 0.241 e. The minimum atomic E-state index is 0.158. The zero-order valence-electron chi connectivity index (χ0n) is 12.5. The Balaban J connectivity index is 1.71. The van der Waals surface area contributed by atoms with Crippen LogP contribution in [-0.4, -0.2) is 40.4 Å². The molecule has 0 bridgehead atoms. The van der Waals surface area contributed by atoms with E-state index in [4.69, 9.17) is 0 Å². The fourth-order valence-corrected chi connectivity index (χ4v) is 2.75. The number of aromatic nitrogens is 2. The number of piperazine rings is 1. The molecule has 110 valence electrons. The molecule has 5 nitrogen and oxygen atoms in total. The Morgan fingerprint density at radius 3 is 2.86 bits per heavy atom. The summed E-state index contributed by atoms with van der Waals surface area (Å²) in [7, 11) is 0. The van der Waals surface area contributed by atoms with Gasteiger partial charge < -0.3 is 9.88 Å². The van der Waals surface area contributed by atoms with Gasteiger partial charge in [0.25, 0.3) is 0 Å². The van der Waals surface area contributed by atoms with E-state index in [-0.39, 0.29) is 5.91 Å². The third-order valence-electron chi connectivity index (χ3n) is 4.11. The van der Waals surface area contributed by atoms with Crippen LogP contribution in [0.15, 0.2) is 30.7 Å². The van der Waals surface area contributed by atoms with Crippen molar-refractivity contribution in [2.75, 3.05) is 24.5 Å². The summed E-state index contributed by atoms with van der Waals surface area (Å²) in [6.07, 6.45) is 3.55. The Morgan fingerprint density at radius 1 is 1.29 bits per heavy atom. The minimum Gasteiger partial charge on any atom is -0.351 e. The van der Waals surface area contributed by atoms with E-state index in [9.17, 15) is 4.79 Å². The number of carbonyl (C=O) groups excluding carboxylic acids is 1. The van der Waals surface area contributed by atoms with Gasteiger partial charge in [0.05, 0.1) is 18.6 Å². The zero-order valence-corrected chi connectivity index (χ0v) is 12.5. The highest BCUT2D eigenvalue weighted by Crippen LogP contribution is 2.24. The van der Waals surface area contributed by atoms with E-state index >= 15 is 0 Å². The number of amides is 1. The van der Waals surface area contributed by atoms with Crippen molar-refractivity contribution in [3.05, 3.63) is 47.5 Å². The lowest BCUT2D eigenvalue weighted by Crippen LogP contribution is -2.50. The molecule has 0 radical (unpaired) electrons. The van der Waals surface area contributed by atoms with Gasteiger partial charge in [-0.05, 0) is 31.0 Å². The van der Waals surface area contributed by atoms with Crippen molar-refractivity contribution in [2.24, 2.45) is 0 Å². The second kappa shape index (κ2) is 5.69. The first-order valence-corrected chi connectivity index (χ1v) is 7.22. The summed E-state index contributed by atoms with van der Waals surface area (Å²) in [5.74, 6) is 0.158. The maximum Gasteiger partial charge on any atom is 0.241 e. The van der Waals surface area contributed by atoms with Crippen LogP contribution in [0, 0.1) is 13.8 Å². The van der Waals surface area contributed by atoms with Crippen molar-refractivity contribution in [1.82, 2.24) is 14.9 Å². The van der Waals surface area contributed by atoms with Gasteiger partial charge in [0, 0.05) is 31.5 Å². The van der Waals surface area contributed by atoms with Crippen molar-refractivity contribution in [2.45, 2.75) is 20.4 Å². The normalized spacial score (nSPS) is 16.5. The molecule has 1 amide bonds. The molecule has 1 N–H and O–H groups in total. The summed E-state index contributed by atoms with van der Waals surface area (Å²) in [4.78, 5) is 23.7. The quantitative estimate of drug-likeness (QED) is 0.936. The van der Waals surface area contributed by atoms with E-state index in [0.717, 1.165) is 31.0 Å². The van der Waals surface area contributed by atoms with Crippen molar-refractivity contribution < 1.29 is 4.79 Å². The molecule has 1 aliphatic rings. The number of hydrogen-bond acceptors (Lipinski definition) is 3. The Morgan fingerprint density at radius 2 is 2.14 bits per heavy atom. The summed E-state index contributed by atoms with van der Waals surface area (Å²) in [6.45, 7) is 6.92. The van der Waals surface area contributed by atoms with E-state index < -0.39 is 0 Å². The molecule has 21 heavy (non-hydrogen) atoms. The van der Waals surface area contributed by atoms with Crippen molar-refractivity contribution >= 4 is 11.6 Å². The number of aryl methyl sites for hydroxylation is 1. The number of nitrogens with zero attached hydrogens (tertiary/aromatic N) is 3. The van der Waals surface area contributed by atoms with Gasteiger partial charge in [-0.25, -0.2) is 4.98 Å². The molecule has 1 aromatic heterocycles. The number of benzene rings is 1. The van der Waals surface area contributed by atoms with Crippen LogP contribution in [0.1, 0.15) is 16.8 Å². The number of anilines is 1. The molecular weight excluding hydrogens is 264 g/mol. The molecule has 2 heterocycles. The molecule has 5 heteroatoms. The van der Waals surface area contributed by atoms with Gasteiger partial charge in [-0.1, -0.05) is 12.1 Å². The van der Waals surface area contributed by atoms with E-state index in [2.05, 4.69) is 34.8 Å². The SMILES string of the molecule is Cc1cccc(N2CCN(Cc3c[nH]cn3)CC2=O)c1C. The maximum atomic E-state index is 12.5. The Kier molecular flexibility index (Phi) is 3.75. The standard InChI is InChI=1S/C16H20N4O/c1-12-4-3-5-15(13(12)2)20-7-6-19(10-16(20)21)9-14-8-17-11-18-14/h3-5,8,11H,6-7,9-10H2,1-2H3,(H,17,18). The van der Waals surface area contributed by atoms with Gasteiger partial charge >= 0.3 is 0 Å². The molecular formula is C16H20N4O. The third kappa shape index (κ3) is 2.83. The molecule has 0 spiro atoms. The number of rotatable bonds is 3. The Labute approximate surface area is 124 Å². The highest BCUT2D eigenvalue weighted by Gasteiger charge is 2.26. The second-order valence-electron chi connectivity index (χ2n) is 5.54. The fraction of sp³-hybridized carbons (Fsp3) is 0.375. The van der Waals surface area contributed by atoms with Crippen LogP contribution in [0.3, 0.4) is 0 Å². The van der Waals surface area contributed by atoms with E-state index in [1.165, 1.54) is 11.1 Å². The molecule has 0 saturated carbocycles. The van der Waals surface area contributed by atoms with Crippen molar-refractivity contribution in [1.29, 1.82) is 0 Å².